The van der Waals surface area contributed by atoms with Crippen LogP contribution >= 0.6 is 11.8 Å². The van der Waals surface area contributed by atoms with Crippen LogP contribution in [0.4, 0.5) is 4.39 Å². The summed E-state index contributed by atoms with van der Waals surface area (Å²) in [5.41, 5.74) is 2.75. The van der Waals surface area contributed by atoms with E-state index < -0.39 is 5.82 Å². The smallest absolute Gasteiger partial charge is 0.233 e. The van der Waals surface area contributed by atoms with Gasteiger partial charge in [0.2, 0.25) is 5.91 Å². The van der Waals surface area contributed by atoms with E-state index >= 15 is 0 Å². The van der Waals surface area contributed by atoms with Gasteiger partial charge >= 0.3 is 0 Å². The molecule has 1 saturated carbocycles. The highest BCUT2D eigenvalue weighted by Gasteiger charge is 2.32. The van der Waals surface area contributed by atoms with Gasteiger partial charge < -0.3 is 4.90 Å². The second-order valence-electron chi connectivity index (χ2n) is 7.64. The Bertz CT molecular complexity index is 859. The van der Waals surface area contributed by atoms with Crippen LogP contribution in [0, 0.1) is 5.82 Å². The van der Waals surface area contributed by atoms with Gasteiger partial charge in [0.05, 0.1) is 5.75 Å². The molecule has 3 nitrogen and oxygen atoms in total. The SMILES string of the molecule is CC(=O)c1ccc(SCC(=O)N(Cc2ccc(C(C)C)cc2)C2CC2)c(F)c1. The lowest BCUT2D eigenvalue weighted by molar-refractivity contribution is -0.129. The van der Waals surface area contributed by atoms with Crippen molar-refractivity contribution in [1.29, 1.82) is 0 Å². The van der Waals surface area contributed by atoms with Crippen LogP contribution in [0.1, 0.15) is 61.0 Å². The van der Waals surface area contributed by atoms with Crippen molar-refractivity contribution < 1.29 is 14.0 Å². The number of amides is 1. The van der Waals surface area contributed by atoms with E-state index in [2.05, 4.69) is 38.1 Å². The number of carbonyl (C=O) groups excluding carboxylic acids is 2. The molecule has 0 unspecified atom stereocenters. The van der Waals surface area contributed by atoms with Gasteiger partial charge in [0.25, 0.3) is 0 Å². The molecule has 0 atom stereocenters. The van der Waals surface area contributed by atoms with E-state index in [-0.39, 0.29) is 17.4 Å². The van der Waals surface area contributed by atoms with Crippen LogP contribution in [0.5, 0.6) is 0 Å². The third-order valence-corrected chi connectivity index (χ3v) is 6.03. The number of halogens is 1. The molecule has 0 heterocycles. The van der Waals surface area contributed by atoms with Crippen molar-refractivity contribution in [3.05, 3.63) is 65.0 Å². The minimum absolute atomic E-state index is 0.0236. The number of rotatable bonds is 8. The highest BCUT2D eigenvalue weighted by molar-refractivity contribution is 8.00. The molecule has 0 aliphatic heterocycles. The van der Waals surface area contributed by atoms with Gasteiger partial charge in [0.15, 0.2) is 5.78 Å². The predicted molar refractivity (Wildman–Crippen MR) is 111 cm³/mol. The first-order valence-electron chi connectivity index (χ1n) is 9.66. The molecule has 1 amide bonds. The zero-order chi connectivity index (χ0) is 20.3. The van der Waals surface area contributed by atoms with Crippen LogP contribution in [0.3, 0.4) is 0 Å². The maximum atomic E-state index is 14.2. The first-order chi connectivity index (χ1) is 13.3. The van der Waals surface area contributed by atoms with Crippen molar-refractivity contribution >= 4 is 23.5 Å². The van der Waals surface area contributed by atoms with Crippen molar-refractivity contribution in [3.8, 4) is 0 Å². The lowest BCUT2D eigenvalue weighted by Gasteiger charge is -2.23. The van der Waals surface area contributed by atoms with E-state index in [0.29, 0.717) is 29.0 Å². The standard InChI is InChI=1S/C23H26FNO2S/c1-15(2)18-6-4-17(5-7-18)13-25(20-9-10-20)23(27)14-28-22-11-8-19(16(3)26)12-21(22)24/h4-8,11-12,15,20H,9-10,13-14H2,1-3H3. The van der Waals surface area contributed by atoms with Gasteiger partial charge in [-0.2, -0.15) is 0 Å². The van der Waals surface area contributed by atoms with Crippen molar-refractivity contribution in [3.63, 3.8) is 0 Å². The van der Waals surface area contributed by atoms with Gasteiger partial charge in [0.1, 0.15) is 5.82 Å². The number of ketones is 1. The fraction of sp³-hybridized carbons (Fsp3) is 0.391. The van der Waals surface area contributed by atoms with Crippen LogP contribution in [-0.2, 0) is 11.3 Å². The normalized spacial score (nSPS) is 13.6. The molecule has 5 heteroatoms. The summed E-state index contributed by atoms with van der Waals surface area (Å²) in [7, 11) is 0. The Morgan fingerprint density at radius 3 is 2.36 bits per heavy atom. The Hall–Kier alpha value is -2.14. The Kier molecular flexibility index (Phi) is 6.55. The third-order valence-electron chi connectivity index (χ3n) is 5.00. The number of hydrogen-bond donors (Lipinski definition) is 0. The van der Waals surface area contributed by atoms with E-state index in [4.69, 9.17) is 0 Å². The van der Waals surface area contributed by atoms with E-state index in [1.54, 1.807) is 12.1 Å². The Morgan fingerprint density at radius 2 is 1.82 bits per heavy atom. The third kappa shape index (κ3) is 5.22. The summed E-state index contributed by atoms with van der Waals surface area (Å²) in [6.45, 7) is 6.32. The maximum Gasteiger partial charge on any atom is 0.233 e. The van der Waals surface area contributed by atoms with E-state index in [9.17, 15) is 14.0 Å². The second kappa shape index (κ2) is 8.91. The largest absolute Gasteiger partial charge is 0.335 e. The molecule has 3 rings (SSSR count). The molecule has 0 bridgehead atoms. The average molecular weight is 400 g/mol. The predicted octanol–water partition coefficient (Wildman–Crippen LogP) is 5.44. The van der Waals surface area contributed by atoms with Crippen LogP contribution in [0.2, 0.25) is 0 Å². The second-order valence-corrected chi connectivity index (χ2v) is 8.66. The summed E-state index contributed by atoms with van der Waals surface area (Å²) >= 11 is 1.19. The summed E-state index contributed by atoms with van der Waals surface area (Å²) in [6, 6.07) is 13.1. The van der Waals surface area contributed by atoms with Crippen molar-refractivity contribution in [2.24, 2.45) is 0 Å². The molecule has 0 spiro atoms. The number of benzene rings is 2. The van der Waals surface area contributed by atoms with Crippen molar-refractivity contribution in [2.45, 2.75) is 57.0 Å². The lowest BCUT2D eigenvalue weighted by Crippen LogP contribution is -2.34. The van der Waals surface area contributed by atoms with E-state index in [1.165, 1.54) is 30.3 Å². The van der Waals surface area contributed by atoms with Gasteiger partial charge in [-0.05, 0) is 48.9 Å². The highest BCUT2D eigenvalue weighted by Crippen LogP contribution is 2.31. The monoisotopic (exact) mass is 399 g/mol. The minimum Gasteiger partial charge on any atom is -0.335 e. The number of hydrogen-bond acceptors (Lipinski definition) is 3. The maximum absolute atomic E-state index is 14.2. The van der Waals surface area contributed by atoms with Crippen LogP contribution in [0.25, 0.3) is 0 Å². The fourth-order valence-electron chi connectivity index (χ4n) is 3.07. The van der Waals surface area contributed by atoms with Gasteiger partial charge in [0, 0.05) is 23.0 Å². The van der Waals surface area contributed by atoms with Gasteiger partial charge in [-0.25, -0.2) is 4.39 Å². The number of Topliss-reactive ketones (excluding diaryl/α,β-unsaturated/α-hetero) is 1. The van der Waals surface area contributed by atoms with E-state index in [1.807, 2.05) is 4.90 Å². The molecule has 2 aromatic rings. The molecule has 1 fully saturated rings. The summed E-state index contributed by atoms with van der Waals surface area (Å²) in [6.07, 6.45) is 2.06. The van der Waals surface area contributed by atoms with Gasteiger partial charge in [-0.15, -0.1) is 11.8 Å². The van der Waals surface area contributed by atoms with Crippen molar-refractivity contribution in [1.82, 2.24) is 4.90 Å². The molecule has 0 radical (unpaired) electrons. The first kappa shape index (κ1) is 20.6. The molecule has 28 heavy (non-hydrogen) atoms. The molecular formula is C23H26FNO2S. The molecule has 0 aromatic heterocycles. The Balaban J connectivity index is 1.63. The van der Waals surface area contributed by atoms with Crippen LogP contribution < -0.4 is 0 Å². The molecule has 2 aromatic carbocycles. The zero-order valence-electron chi connectivity index (χ0n) is 16.6. The topological polar surface area (TPSA) is 37.4 Å². The molecule has 1 aliphatic carbocycles. The van der Waals surface area contributed by atoms with Crippen molar-refractivity contribution in [2.75, 3.05) is 5.75 Å². The number of thioether (sulfide) groups is 1. The van der Waals surface area contributed by atoms with Crippen LogP contribution in [0.15, 0.2) is 47.4 Å². The summed E-state index contributed by atoms with van der Waals surface area (Å²) < 4.78 is 14.2. The van der Waals surface area contributed by atoms with Gasteiger partial charge in [-0.1, -0.05) is 44.2 Å². The van der Waals surface area contributed by atoms with Crippen LogP contribution in [-0.4, -0.2) is 28.4 Å². The summed E-state index contributed by atoms with van der Waals surface area (Å²) in [5.74, 6) is 0.0748. The quantitative estimate of drug-likeness (QED) is 0.438. The molecule has 0 saturated heterocycles. The first-order valence-corrected chi connectivity index (χ1v) is 10.7. The number of carbonyl (C=O) groups is 2. The summed E-state index contributed by atoms with van der Waals surface area (Å²) in [4.78, 5) is 26.5. The molecule has 0 N–H and O–H groups in total. The molecular weight excluding hydrogens is 373 g/mol. The highest BCUT2D eigenvalue weighted by atomic mass is 32.2. The average Bonchev–Trinajstić information content (AvgIpc) is 3.50. The Labute approximate surface area is 170 Å². The zero-order valence-corrected chi connectivity index (χ0v) is 17.4. The minimum atomic E-state index is -0.451. The number of nitrogens with zero attached hydrogens (tertiary/aromatic N) is 1. The lowest BCUT2D eigenvalue weighted by atomic mass is 10.0. The molecule has 1 aliphatic rings. The summed E-state index contributed by atoms with van der Waals surface area (Å²) in [5, 5.41) is 0. The van der Waals surface area contributed by atoms with Gasteiger partial charge in [-0.3, -0.25) is 9.59 Å². The molecule has 148 valence electrons. The Morgan fingerprint density at radius 1 is 1.14 bits per heavy atom. The van der Waals surface area contributed by atoms with E-state index in [0.717, 1.165) is 18.4 Å². The fourth-order valence-corrected chi connectivity index (χ4v) is 3.88.